The Kier molecular flexibility index (Phi) is 4.83. The monoisotopic (exact) mass is 289 g/mol. The predicted molar refractivity (Wildman–Crippen MR) is 84.6 cm³/mol. The first-order valence-electron chi connectivity index (χ1n) is 7.57. The number of hydrogen-bond acceptors (Lipinski definition) is 3. The standard InChI is InChI=1S/C16H23N3O2/c1-4-14-16(21)17-11-15(20)19(14)13-9-7-12(8-10-13)18(5-2)6-3/h7-10,14H,4-6,11H2,1-3H3,(H,17,21). The van der Waals surface area contributed by atoms with Crippen molar-refractivity contribution >= 4 is 23.2 Å². The number of nitrogens with zero attached hydrogens (tertiary/aromatic N) is 2. The lowest BCUT2D eigenvalue weighted by Gasteiger charge is -2.34. The van der Waals surface area contributed by atoms with Crippen LogP contribution in [0.25, 0.3) is 0 Å². The molecule has 1 fully saturated rings. The van der Waals surface area contributed by atoms with Crippen LogP contribution in [0.3, 0.4) is 0 Å². The van der Waals surface area contributed by atoms with Gasteiger partial charge in [-0.1, -0.05) is 6.92 Å². The maximum atomic E-state index is 12.1. The van der Waals surface area contributed by atoms with Gasteiger partial charge in [-0.15, -0.1) is 0 Å². The Labute approximate surface area is 125 Å². The fraction of sp³-hybridized carbons (Fsp3) is 0.500. The molecular weight excluding hydrogens is 266 g/mol. The molecule has 1 heterocycles. The molecule has 0 saturated carbocycles. The molecule has 2 amide bonds. The van der Waals surface area contributed by atoms with Crippen molar-refractivity contribution in [1.82, 2.24) is 5.32 Å². The molecule has 114 valence electrons. The second kappa shape index (κ2) is 6.61. The van der Waals surface area contributed by atoms with Crippen LogP contribution in [-0.2, 0) is 9.59 Å². The quantitative estimate of drug-likeness (QED) is 0.899. The molecule has 0 spiro atoms. The van der Waals surface area contributed by atoms with Gasteiger partial charge in [0.1, 0.15) is 6.04 Å². The van der Waals surface area contributed by atoms with E-state index in [1.165, 1.54) is 0 Å². The lowest BCUT2D eigenvalue weighted by Crippen LogP contribution is -2.58. The predicted octanol–water partition coefficient (Wildman–Crippen LogP) is 1.77. The van der Waals surface area contributed by atoms with Gasteiger partial charge in [0.05, 0.1) is 6.54 Å². The lowest BCUT2D eigenvalue weighted by atomic mass is 10.1. The second-order valence-electron chi connectivity index (χ2n) is 5.09. The topological polar surface area (TPSA) is 52.7 Å². The number of anilines is 2. The molecule has 21 heavy (non-hydrogen) atoms. The van der Waals surface area contributed by atoms with Crippen molar-refractivity contribution in [2.24, 2.45) is 0 Å². The maximum Gasteiger partial charge on any atom is 0.247 e. The highest BCUT2D eigenvalue weighted by molar-refractivity contribution is 6.06. The largest absolute Gasteiger partial charge is 0.372 e. The molecule has 0 bridgehead atoms. The molecule has 0 radical (unpaired) electrons. The minimum Gasteiger partial charge on any atom is -0.372 e. The van der Waals surface area contributed by atoms with Gasteiger partial charge in [-0.3, -0.25) is 14.5 Å². The highest BCUT2D eigenvalue weighted by Gasteiger charge is 2.34. The SMILES string of the molecule is CCC1C(=O)NCC(=O)N1c1ccc(N(CC)CC)cc1. The van der Waals surface area contributed by atoms with Gasteiger partial charge in [0, 0.05) is 24.5 Å². The van der Waals surface area contributed by atoms with Crippen molar-refractivity contribution in [1.29, 1.82) is 0 Å². The van der Waals surface area contributed by atoms with E-state index >= 15 is 0 Å². The van der Waals surface area contributed by atoms with Crippen LogP contribution in [0.1, 0.15) is 27.2 Å². The number of piperazine rings is 1. The lowest BCUT2D eigenvalue weighted by molar-refractivity contribution is -0.131. The summed E-state index contributed by atoms with van der Waals surface area (Å²) in [6.07, 6.45) is 0.607. The molecule has 1 N–H and O–H groups in total. The van der Waals surface area contributed by atoms with Crippen molar-refractivity contribution in [3.05, 3.63) is 24.3 Å². The molecule has 1 aliphatic rings. The number of amides is 2. The molecule has 1 aromatic rings. The third-order valence-electron chi connectivity index (χ3n) is 3.94. The summed E-state index contributed by atoms with van der Waals surface area (Å²) in [5, 5.41) is 2.64. The van der Waals surface area contributed by atoms with Gasteiger partial charge in [-0.2, -0.15) is 0 Å². The average Bonchev–Trinajstić information content (AvgIpc) is 2.51. The van der Waals surface area contributed by atoms with Gasteiger partial charge in [0.2, 0.25) is 11.8 Å². The maximum absolute atomic E-state index is 12.1. The van der Waals surface area contributed by atoms with E-state index in [-0.39, 0.29) is 18.4 Å². The fourth-order valence-electron chi connectivity index (χ4n) is 2.76. The Bertz CT molecular complexity index is 509. The van der Waals surface area contributed by atoms with Crippen LogP contribution < -0.4 is 15.1 Å². The molecule has 5 heteroatoms. The molecule has 1 aromatic carbocycles. The molecule has 0 aromatic heterocycles. The Morgan fingerprint density at radius 1 is 1.14 bits per heavy atom. The van der Waals surface area contributed by atoms with Crippen molar-refractivity contribution in [3.8, 4) is 0 Å². The number of rotatable bonds is 5. The van der Waals surface area contributed by atoms with Crippen LogP contribution in [0, 0.1) is 0 Å². The van der Waals surface area contributed by atoms with Crippen LogP contribution in [0.5, 0.6) is 0 Å². The first kappa shape index (κ1) is 15.4. The number of carbonyl (C=O) groups excluding carboxylic acids is 2. The van der Waals surface area contributed by atoms with Gasteiger partial charge in [0.25, 0.3) is 0 Å². The van der Waals surface area contributed by atoms with Crippen LogP contribution in [0.15, 0.2) is 24.3 Å². The normalized spacial score (nSPS) is 18.6. The third kappa shape index (κ3) is 3.01. The van der Waals surface area contributed by atoms with Gasteiger partial charge in [0.15, 0.2) is 0 Å². The van der Waals surface area contributed by atoms with Crippen LogP contribution >= 0.6 is 0 Å². The minimum atomic E-state index is -0.412. The van der Waals surface area contributed by atoms with Crippen LogP contribution in [0.2, 0.25) is 0 Å². The molecule has 0 aliphatic carbocycles. The summed E-state index contributed by atoms with van der Waals surface area (Å²) in [6.45, 7) is 8.11. The molecule has 1 aliphatic heterocycles. The van der Waals surface area contributed by atoms with E-state index in [4.69, 9.17) is 0 Å². The summed E-state index contributed by atoms with van der Waals surface area (Å²) in [6, 6.07) is 7.45. The Morgan fingerprint density at radius 3 is 2.29 bits per heavy atom. The summed E-state index contributed by atoms with van der Waals surface area (Å²) >= 11 is 0. The van der Waals surface area contributed by atoms with E-state index < -0.39 is 6.04 Å². The smallest absolute Gasteiger partial charge is 0.247 e. The number of hydrogen-bond donors (Lipinski definition) is 1. The van der Waals surface area contributed by atoms with Gasteiger partial charge in [-0.25, -0.2) is 0 Å². The summed E-state index contributed by atoms with van der Waals surface area (Å²) in [5.74, 6) is -0.137. The highest BCUT2D eigenvalue weighted by Crippen LogP contribution is 2.24. The highest BCUT2D eigenvalue weighted by atomic mass is 16.2. The number of benzene rings is 1. The zero-order valence-electron chi connectivity index (χ0n) is 12.9. The fourth-order valence-corrected chi connectivity index (χ4v) is 2.76. The van der Waals surface area contributed by atoms with Gasteiger partial charge in [-0.05, 0) is 44.5 Å². The van der Waals surface area contributed by atoms with Crippen molar-refractivity contribution < 1.29 is 9.59 Å². The Hall–Kier alpha value is -2.04. The summed E-state index contributed by atoms with van der Waals surface area (Å²) in [4.78, 5) is 27.9. The zero-order valence-corrected chi connectivity index (χ0v) is 12.9. The Balaban J connectivity index is 2.27. The molecule has 1 saturated heterocycles. The average molecular weight is 289 g/mol. The molecular formula is C16H23N3O2. The van der Waals surface area contributed by atoms with E-state index in [1.54, 1.807) is 4.90 Å². The summed E-state index contributed by atoms with van der Waals surface area (Å²) < 4.78 is 0. The number of carbonyl (C=O) groups is 2. The summed E-state index contributed by atoms with van der Waals surface area (Å²) in [5.41, 5.74) is 1.92. The summed E-state index contributed by atoms with van der Waals surface area (Å²) in [7, 11) is 0. The van der Waals surface area contributed by atoms with Crippen LogP contribution in [-0.4, -0.2) is 37.5 Å². The first-order chi connectivity index (χ1) is 10.1. The van der Waals surface area contributed by atoms with Crippen molar-refractivity contribution in [2.75, 3.05) is 29.4 Å². The number of nitrogens with one attached hydrogen (secondary N) is 1. The minimum absolute atomic E-state index is 0.0583. The van der Waals surface area contributed by atoms with Crippen molar-refractivity contribution in [2.45, 2.75) is 33.2 Å². The van der Waals surface area contributed by atoms with E-state index in [0.29, 0.717) is 6.42 Å². The van der Waals surface area contributed by atoms with E-state index in [1.807, 2.05) is 31.2 Å². The Morgan fingerprint density at radius 2 is 1.76 bits per heavy atom. The second-order valence-corrected chi connectivity index (χ2v) is 5.09. The van der Waals surface area contributed by atoms with Gasteiger partial charge < -0.3 is 10.2 Å². The van der Waals surface area contributed by atoms with Crippen LogP contribution in [0.4, 0.5) is 11.4 Å². The van der Waals surface area contributed by atoms with E-state index in [0.717, 1.165) is 24.5 Å². The van der Waals surface area contributed by atoms with Crippen molar-refractivity contribution in [3.63, 3.8) is 0 Å². The molecule has 1 unspecified atom stereocenters. The molecule has 2 rings (SSSR count). The first-order valence-corrected chi connectivity index (χ1v) is 7.57. The molecule has 5 nitrogen and oxygen atoms in total. The van der Waals surface area contributed by atoms with E-state index in [9.17, 15) is 9.59 Å². The molecule has 1 atom stereocenters. The van der Waals surface area contributed by atoms with E-state index in [2.05, 4.69) is 24.1 Å². The zero-order chi connectivity index (χ0) is 15.4. The van der Waals surface area contributed by atoms with Gasteiger partial charge >= 0.3 is 0 Å². The third-order valence-corrected chi connectivity index (χ3v) is 3.94.